The van der Waals surface area contributed by atoms with Crippen LogP contribution in [0.2, 0.25) is 0 Å². The summed E-state index contributed by atoms with van der Waals surface area (Å²) in [6.45, 7) is 0. The van der Waals surface area contributed by atoms with Crippen LogP contribution in [0.15, 0.2) is 24.3 Å². The van der Waals surface area contributed by atoms with Crippen LogP contribution in [0.4, 0.5) is 54.0 Å². The second-order valence-corrected chi connectivity index (χ2v) is 5.93. The van der Waals surface area contributed by atoms with Crippen LogP contribution in [0, 0.1) is 0 Å². The summed E-state index contributed by atoms with van der Waals surface area (Å²) >= 11 is 0. The van der Waals surface area contributed by atoms with Gasteiger partial charge in [-0.25, -0.2) is 4.39 Å². The Balaban J connectivity index is 2.60. The molecule has 3 N–H and O–H groups in total. The van der Waals surface area contributed by atoms with E-state index in [1.165, 1.54) is 0 Å². The standard InChI is InChI=1S/C14H7F11N2O2/c15-9(8(29)27-6-3-1-5(2-4-6)7(26)28)10(16,17)12(20,21)14(24,25)13(22,23)11(9,18)19/h1-4H,(H2,26,28)(H,27,29). The van der Waals surface area contributed by atoms with Gasteiger partial charge in [0.1, 0.15) is 0 Å². The molecule has 0 bridgehead atoms. The number of halogens is 11. The highest BCUT2D eigenvalue weighted by Crippen LogP contribution is 2.69. The van der Waals surface area contributed by atoms with E-state index < -0.39 is 52.8 Å². The van der Waals surface area contributed by atoms with E-state index in [0.717, 1.165) is 17.4 Å². The number of primary amides is 1. The highest BCUT2D eigenvalue weighted by atomic mass is 19.4. The van der Waals surface area contributed by atoms with Gasteiger partial charge in [0.25, 0.3) is 5.91 Å². The first-order valence-corrected chi connectivity index (χ1v) is 7.10. The molecule has 0 atom stereocenters. The molecule has 1 aliphatic carbocycles. The molecule has 0 radical (unpaired) electrons. The molecule has 1 saturated carbocycles. The third kappa shape index (κ3) is 2.44. The molecule has 1 fully saturated rings. The monoisotopic (exact) mass is 444 g/mol. The molecule has 0 saturated heterocycles. The molecule has 0 aromatic heterocycles. The number of nitrogens with two attached hydrogens (primary N) is 1. The Morgan fingerprint density at radius 3 is 1.34 bits per heavy atom. The lowest BCUT2D eigenvalue weighted by Crippen LogP contribution is -2.86. The number of carbonyl (C=O) groups is 2. The van der Waals surface area contributed by atoms with Crippen LogP contribution < -0.4 is 11.1 Å². The highest BCUT2D eigenvalue weighted by Gasteiger charge is 3.02. The molecule has 0 unspecified atom stereocenters. The fraction of sp³-hybridized carbons (Fsp3) is 0.429. The predicted octanol–water partition coefficient (Wildman–Crippen LogP) is 3.62. The summed E-state index contributed by atoms with van der Waals surface area (Å²) in [6.07, 6.45) is 0. The van der Waals surface area contributed by atoms with Crippen LogP contribution in [0.25, 0.3) is 0 Å². The quantitative estimate of drug-likeness (QED) is 0.700. The number of nitrogens with one attached hydrogen (secondary N) is 1. The fourth-order valence-electron chi connectivity index (χ4n) is 2.44. The first-order chi connectivity index (χ1) is 12.8. The molecular weight excluding hydrogens is 437 g/mol. The zero-order valence-corrected chi connectivity index (χ0v) is 13.4. The Morgan fingerprint density at radius 2 is 1.00 bits per heavy atom. The third-order valence-corrected chi connectivity index (χ3v) is 4.18. The van der Waals surface area contributed by atoms with Crippen molar-refractivity contribution in [2.75, 3.05) is 5.32 Å². The minimum absolute atomic E-state index is 0.302. The van der Waals surface area contributed by atoms with Gasteiger partial charge in [0.2, 0.25) is 5.91 Å². The third-order valence-electron chi connectivity index (χ3n) is 4.18. The van der Waals surface area contributed by atoms with Gasteiger partial charge < -0.3 is 11.1 Å². The maximum atomic E-state index is 14.5. The molecule has 15 heteroatoms. The van der Waals surface area contributed by atoms with Crippen molar-refractivity contribution in [1.29, 1.82) is 0 Å². The molecule has 1 aromatic carbocycles. The van der Waals surface area contributed by atoms with E-state index in [4.69, 9.17) is 5.73 Å². The molecule has 0 heterocycles. The predicted molar refractivity (Wildman–Crippen MR) is 72.2 cm³/mol. The first-order valence-electron chi connectivity index (χ1n) is 7.10. The number of benzene rings is 1. The van der Waals surface area contributed by atoms with E-state index in [1.54, 1.807) is 0 Å². The summed E-state index contributed by atoms with van der Waals surface area (Å²) in [5, 5.41) is 0.895. The van der Waals surface area contributed by atoms with Gasteiger partial charge in [-0.05, 0) is 24.3 Å². The number of hydrogen-bond donors (Lipinski definition) is 2. The number of hydrogen-bond acceptors (Lipinski definition) is 2. The van der Waals surface area contributed by atoms with Gasteiger partial charge in [-0.3, -0.25) is 9.59 Å². The average Bonchev–Trinajstić information content (AvgIpc) is 2.59. The number of rotatable bonds is 3. The molecule has 0 spiro atoms. The summed E-state index contributed by atoms with van der Waals surface area (Å²) < 4.78 is 149. The number of alkyl halides is 11. The van der Waals surface area contributed by atoms with Crippen LogP contribution in [-0.2, 0) is 4.79 Å². The van der Waals surface area contributed by atoms with Gasteiger partial charge in [-0.2, -0.15) is 43.9 Å². The van der Waals surface area contributed by atoms with Crippen LogP contribution in [0.1, 0.15) is 10.4 Å². The molecule has 2 rings (SSSR count). The van der Waals surface area contributed by atoms with Crippen LogP contribution in [0.3, 0.4) is 0 Å². The largest absolute Gasteiger partial charge is 0.384 e. The van der Waals surface area contributed by atoms with Crippen molar-refractivity contribution in [2.24, 2.45) is 5.73 Å². The first kappa shape index (κ1) is 22.7. The second kappa shape index (κ2) is 5.95. The van der Waals surface area contributed by atoms with E-state index in [-0.39, 0.29) is 5.56 Å². The summed E-state index contributed by atoms with van der Waals surface area (Å²) in [7, 11) is 0. The van der Waals surface area contributed by atoms with Gasteiger partial charge in [0.05, 0.1) is 0 Å². The molecule has 162 valence electrons. The van der Waals surface area contributed by atoms with Gasteiger partial charge >= 0.3 is 35.3 Å². The maximum Gasteiger partial charge on any atom is 0.384 e. The number of anilines is 1. The zero-order chi connectivity index (χ0) is 22.8. The smallest absolute Gasteiger partial charge is 0.366 e. The molecule has 29 heavy (non-hydrogen) atoms. The lowest BCUT2D eigenvalue weighted by Gasteiger charge is -2.51. The molecule has 1 aromatic rings. The Kier molecular flexibility index (Phi) is 4.65. The number of carbonyl (C=O) groups excluding carboxylic acids is 2. The Bertz CT molecular complexity index is 822. The van der Waals surface area contributed by atoms with Crippen molar-refractivity contribution in [2.45, 2.75) is 35.3 Å². The summed E-state index contributed by atoms with van der Waals surface area (Å²) in [6, 6.07) is 2.59. The normalized spacial score (nSPS) is 25.1. The van der Waals surface area contributed by atoms with Crippen molar-refractivity contribution in [1.82, 2.24) is 0 Å². The van der Waals surface area contributed by atoms with E-state index in [2.05, 4.69) is 0 Å². The van der Waals surface area contributed by atoms with Gasteiger partial charge in [0, 0.05) is 11.3 Å². The minimum atomic E-state index is -7.41. The lowest BCUT2D eigenvalue weighted by atomic mass is 9.71. The highest BCUT2D eigenvalue weighted by molar-refractivity contribution is 6.00. The molecular formula is C14H7F11N2O2. The van der Waals surface area contributed by atoms with Crippen molar-refractivity contribution in [3.63, 3.8) is 0 Å². The molecule has 0 aliphatic heterocycles. The van der Waals surface area contributed by atoms with E-state index in [1.807, 2.05) is 0 Å². The Morgan fingerprint density at radius 1 is 0.655 bits per heavy atom. The average molecular weight is 444 g/mol. The molecule has 2 amide bonds. The molecule has 1 aliphatic rings. The van der Waals surface area contributed by atoms with Gasteiger partial charge in [-0.1, -0.05) is 0 Å². The summed E-state index contributed by atoms with van der Waals surface area (Å²) in [4.78, 5) is 22.5. The van der Waals surface area contributed by atoms with Gasteiger partial charge in [0.15, 0.2) is 0 Å². The second-order valence-electron chi connectivity index (χ2n) is 5.93. The van der Waals surface area contributed by atoms with Crippen LogP contribution >= 0.6 is 0 Å². The fourth-order valence-corrected chi connectivity index (χ4v) is 2.44. The molecule has 4 nitrogen and oxygen atoms in total. The van der Waals surface area contributed by atoms with Crippen molar-refractivity contribution in [3.8, 4) is 0 Å². The minimum Gasteiger partial charge on any atom is -0.366 e. The Labute approximate surface area is 152 Å². The zero-order valence-electron chi connectivity index (χ0n) is 13.4. The van der Waals surface area contributed by atoms with Crippen molar-refractivity contribution >= 4 is 17.5 Å². The summed E-state index contributed by atoms with van der Waals surface area (Å²) in [5.41, 5.74) is -3.17. The topological polar surface area (TPSA) is 72.2 Å². The maximum absolute atomic E-state index is 14.5. The van der Waals surface area contributed by atoms with Crippen LogP contribution in [-0.4, -0.2) is 47.1 Å². The van der Waals surface area contributed by atoms with Crippen molar-refractivity contribution in [3.05, 3.63) is 29.8 Å². The van der Waals surface area contributed by atoms with Gasteiger partial charge in [-0.15, -0.1) is 0 Å². The lowest BCUT2D eigenvalue weighted by molar-refractivity contribution is -0.475. The van der Waals surface area contributed by atoms with E-state index in [9.17, 15) is 57.9 Å². The SMILES string of the molecule is NC(=O)c1ccc(NC(=O)C2(F)C(F)(F)C(F)(F)C(F)(F)C(F)(F)C2(F)F)cc1. The Hall–Kier alpha value is -2.61. The van der Waals surface area contributed by atoms with Crippen LogP contribution in [0.5, 0.6) is 0 Å². The number of amides is 2. The van der Waals surface area contributed by atoms with E-state index in [0.29, 0.717) is 12.1 Å². The summed E-state index contributed by atoms with van der Waals surface area (Å²) in [5.74, 6) is -41.2. The van der Waals surface area contributed by atoms with Crippen molar-refractivity contribution < 1.29 is 57.9 Å². The van der Waals surface area contributed by atoms with E-state index >= 15 is 0 Å².